The highest BCUT2D eigenvalue weighted by molar-refractivity contribution is 5.54. The van der Waals surface area contributed by atoms with E-state index in [1.165, 1.54) is 0 Å². The van der Waals surface area contributed by atoms with Crippen molar-refractivity contribution < 1.29 is 9.84 Å². The third-order valence-corrected chi connectivity index (χ3v) is 4.35. The second-order valence-corrected chi connectivity index (χ2v) is 6.97. The maximum Gasteiger partial charge on any atom is 0.115 e. The quantitative estimate of drug-likeness (QED) is 0.801. The summed E-state index contributed by atoms with van der Waals surface area (Å²) in [5.41, 5.74) is 2.31. The van der Waals surface area contributed by atoms with Crippen LogP contribution >= 0.6 is 0 Å². The van der Waals surface area contributed by atoms with Gasteiger partial charge in [-0.05, 0) is 43.0 Å². The topological polar surface area (TPSA) is 41.5 Å². The van der Waals surface area contributed by atoms with E-state index < -0.39 is 0 Å². The highest BCUT2D eigenvalue weighted by Gasteiger charge is 2.49. The summed E-state index contributed by atoms with van der Waals surface area (Å²) in [5, 5.41) is 13.1. The van der Waals surface area contributed by atoms with Gasteiger partial charge in [-0.3, -0.25) is 0 Å². The van der Waals surface area contributed by atoms with E-state index in [2.05, 4.69) is 33.0 Å². The van der Waals surface area contributed by atoms with Gasteiger partial charge in [-0.15, -0.1) is 0 Å². The first kappa shape index (κ1) is 15.2. The number of rotatable bonds is 5. The monoisotopic (exact) mass is 277 g/mol. The Morgan fingerprint density at radius 2 is 2.10 bits per heavy atom. The highest BCUT2D eigenvalue weighted by Crippen LogP contribution is 2.44. The molecular formula is C17H27NO2. The predicted octanol–water partition coefficient (Wildman–Crippen LogP) is 3.95. The first-order valence-corrected chi connectivity index (χ1v) is 7.48. The Kier molecular flexibility index (Phi) is 4.28. The van der Waals surface area contributed by atoms with Gasteiger partial charge in [0.05, 0.1) is 6.10 Å². The zero-order valence-corrected chi connectivity index (χ0v) is 13.2. The van der Waals surface area contributed by atoms with Crippen LogP contribution in [0.3, 0.4) is 0 Å². The molecule has 1 aromatic carbocycles. The number of phenols is 1. The Hall–Kier alpha value is -1.22. The lowest BCUT2D eigenvalue weighted by Gasteiger charge is -2.52. The summed E-state index contributed by atoms with van der Waals surface area (Å²) in [6.45, 7) is 11.7. The van der Waals surface area contributed by atoms with Crippen LogP contribution in [0.5, 0.6) is 5.75 Å². The summed E-state index contributed by atoms with van der Waals surface area (Å²) in [6.07, 6.45) is 1.37. The molecule has 1 aliphatic rings. The maximum atomic E-state index is 9.46. The molecule has 0 spiro atoms. The number of benzene rings is 1. The lowest BCUT2D eigenvalue weighted by Crippen LogP contribution is -2.58. The molecule has 0 radical (unpaired) electrons. The summed E-state index contributed by atoms with van der Waals surface area (Å²) < 4.78 is 5.99. The summed E-state index contributed by atoms with van der Waals surface area (Å²) >= 11 is 0. The van der Waals surface area contributed by atoms with Crippen LogP contribution in [0.1, 0.15) is 39.7 Å². The van der Waals surface area contributed by atoms with Crippen molar-refractivity contribution in [3.63, 3.8) is 0 Å². The van der Waals surface area contributed by atoms with Crippen LogP contribution in [-0.2, 0) is 4.74 Å². The van der Waals surface area contributed by atoms with Crippen molar-refractivity contribution >= 4 is 5.69 Å². The second kappa shape index (κ2) is 5.65. The molecule has 2 rings (SSSR count). The molecule has 1 fully saturated rings. The number of aromatic hydroxyl groups is 1. The van der Waals surface area contributed by atoms with E-state index in [0.29, 0.717) is 23.8 Å². The van der Waals surface area contributed by atoms with Gasteiger partial charge >= 0.3 is 0 Å². The number of phenolic OH excluding ortho intramolecular Hbond substituents is 1. The standard InChI is InChI=1S/C17H27NO2/c1-11(2)10-20-16-9-15(17(16,4)5)18-14-7-6-13(19)8-12(14)3/h6-8,11,15-16,18-19H,9-10H2,1-5H3. The summed E-state index contributed by atoms with van der Waals surface area (Å²) in [4.78, 5) is 0. The normalized spacial score (nSPS) is 24.5. The van der Waals surface area contributed by atoms with Gasteiger partial charge in [0.25, 0.3) is 0 Å². The first-order chi connectivity index (χ1) is 9.30. The molecule has 0 saturated heterocycles. The number of anilines is 1. The Morgan fingerprint density at radius 3 is 2.65 bits per heavy atom. The fourth-order valence-electron chi connectivity index (χ4n) is 2.72. The van der Waals surface area contributed by atoms with E-state index in [9.17, 15) is 5.11 Å². The third kappa shape index (κ3) is 3.09. The minimum Gasteiger partial charge on any atom is -0.508 e. The summed E-state index contributed by atoms with van der Waals surface area (Å²) in [5.74, 6) is 0.899. The van der Waals surface area contributed by atoms with Gasteiger partial charge in [0.15, 0.2) is 0 Å². The van der Waals surface area contributed by atoms with Crippen molar-refractivity contribution in [2.24, 2.45) is 11.3 Å². The first-order valence-electron chi connectivity index (χ1n) is 7.48. The summed E-state index contributed by atoms with van der Waals surface area (Å²) in [6, 6.07) is 5.89. The van der Waals surface area contributed by atoms with Crippen LogP contribution < -0.4 is 5.32 Å². The Labute approximate surface area is 122 Å². The Bertz CT molecular complexity index is 468. The van der Waals surface area contributed by atoms with Crippen molar-refractivity contribution in [3.8, 4) is 5.75 Å². The zero-order valence-electron chi connectivity index (χ0n) is 13.2. The van der Waals surface area contributed by atoms with E-state index in [0.717, 1.165) is 24.3 Å². The van der Waals surface area contributed by atoms with Crippen molar-refractivity contribution in [2.45, 2.75) is 53.2 Å². The average molecular weight is 277 g/mol. The lowest BCUT2D eigenvalue weighted by molar-refractivity contribution is -0.108. The minimum absolute atomic E-state index is 0.138. The molecule has 1 saturated carbocycles. The molecule has 20 heavy (non-hydrogen) atoms. The third-order valence-electron chi connectivity index (χ3n) is 4.35. The molecule has 0 heterocycles. The number of nitrogens with one attached hydrogen (secondary N) is 1. The number of hydrogen-bond acceptors (Lipinski definition) is 3. The van der Waals surface area contributed by atoms with Crippen LogP contribution in [0.15, 0.2) is 18.2 Å². The van der Waals surface area contributed by atoms with Crippen molar-refractivity contribution in [2.75, 3.05) is 11.9 Å². The molecule has 2 atom stereocenters. The molecule has 0 aliphatic heterocycles. The zero-order chi connectivity index (χ0) is 14.9. The molecule has 1 aromatic rings. The average Bonchev–Trinajstić information content (AvgIpc) is 2.34. The van der Waals surface area contributed by atoms with Gasteiger partial charge in [-0.25, -0.2) is 0 Å². The van der Waals surface area contributed by atoms with Gasteiger partial charge in [-0.1, -0.05) is 27.7 Å². The lowest BCUT2D eigenvalue weighted by atomic mass is 9.64. The number of hydrogen-bond donors (Lipinski definition) is 2. The molecule has 112 valence electrons. The van der Waals surface area contributed by atoms with Gasteiger partial charge in [0, 0.05) is 23.8 Å². The van der Waals surface area contributed by atoms with Crippen LogP contribution in [0, 0.1) is 18.3 Å². The van der Waals surface area contributed by atoms with Crippen molar-refractivity contribution in [1.82, 2.24) is 0 Å². The smallest absolute Gasteiger partial charge is 0.115 e. The van der Waals surface area contributed by atoms with E-state index in [-0.39, 0.29) is 5.41 Å². The van der Waals surface area contributed by atoms with Crippen LogP contribution in [0.2, 0.25) is 0 Å². The maximum absolute atomic E-state index is 9.46. The summed E-state index contributed by atoms with van der Waals surface area (Å²) in [7, 11) is 0. The van der Waals surface area contributed by atoms with Crippen molar-refractivity contribution in [1.29, 1.82) is 0 Å². The number of aryl methyl sites for hydroxylation is 1. The molecule has 0 aromatic heterocycles. The molecule has 2 unspecified atom stereocenters. The van der Waals surface area contributed by atoms with Gasteiger partial charge < -0.3 is 15.2 Å². The van der Waals surface area contributed by atoms with Crippen LogP contribution in [0.4, 0.5) is 5.69 Å². The second-order valence-electron chi connectivity index (χ2n) is 6.97. The predicted molar refractivity (Wildman–Crippen MR) is 83.2 cm³/mol. The van der Waals surface area contributed by atoms with Crippen LogP contribution in [0.25, 0.3) is 0 Å². The fourth-order valence-corrected chi connectivity index (χ4v) is 2.72. The minimum atomic E-state index is 0.138. The largest absolute Gasteiger partial charge is 0.508 e. The molecule has 0 amide bonds. The van der Waals surface area contributed by atoms with Crippen molar-refractivity contribution in [3.05, 3.63) is 23.8 Å². The van der Waals surface area contributed by atoms with E-state index in [1.807, 2.05) is 13.0 Å². The molecule has 3 nitrogen and oxygen atoms in total. The molecule has 0 bridgehead atoms. The SMILES string of the molecule is Cc1cc(O)ccc1NC1CC(OCC(C)C)C1(C)C. The number of ether oxygens (including phenoxy) is 1. The Morgan fingerprint density at radius 1 is 1.40 bits per heavy atom. The highest BCUT2D eigenvalue weighted by atomic mass is 16.5. The fraction of sp³-hybridized carbons (Fsp3) is 0.647. The van der Waals surface area contributed by atoms with E-state index in [1.54, 1.807) is 12.1 Å². The Balaban J connectivity index is 1.95. The molecular weight excluding hydrogens is 250 g/mol. The molecule has 1 aliphatic carbocycles. The van der Waals surface area contributed by atoms with E-state index in [4.69, 9.17) is 4.74 Å². The van der Waals surface area contributed by atoms with Gasteiger partial charge in [0.2, 0.25) is 0 Å². The van der Waals surface area contributed by atoms with E-state index >= 15 is 0 Å². The molecule has 3 heteroatoms. The van der Waals surface area contributed by atoms with Crippen LogP contribution in [-0.4, -0.2) is 23.9 Å². The molecule has 2 N–H and O–H groups in total. The van der Waals surface area contributed by atoms with Gasteiger partial charge in [-0.2, -0.15) is 0 Å². The van der Waals surface area contributed by atoms with Gasteiger partial charge in [0.1, 0.15) is 5.75 Å².